The highest BCUT2D eigenvalue weighted by Crippen LogP contribution is 2.42. The van der Waals surface area contributed by atoms with Gasteiger partial charge in [0, 0.05) is 18.8 Å². The number of morpholine rings is 1. The molecule has 154 valence electrons. The summed E-state index contributed by atoms with van der Waals surface area (Å²) in [6.45, 7) is 5.88. The molecule has 8 nitrogen and oxygen atoms in total. The highest BCUT2D eigenvalue weighted by molar-refractivity contribution is 8.03. The van der Waals surface area contributed by atoms with Crippen LogP contribution < -0.4 is 0 Å². The number of nitriles is 1. The molecule has 1 unspecified atom stereocenters. The number of carbonyl (C=O) groups excluding carboxylic acids is 2. The van der Waals surface area contributed by atoms with Gasteiger partial charge in [-0.15, -0.1) is 0 Å². The van der Waals surface area contributed by atoms with E-state index in [0.717, 1.165) is 0 Å². The van der Waals surface area contributed by atoms with Crippen molar-refractivity contribution in [3.05, 3.63) is 34.8 Å². The number of ether oxygens (including phenoxy) is 2. The van der Waals surface area contributed by atoms with Crippen LogP contribution in [0.2, 0.25) is 0 Å². The molecule has 0 aliphatic carbocycles. The molecule has 1 aromatic heterocycles. The molecule has 2 atom stereocenters. The summed E-state index contributed by atoms with van der Waals surface area (Å²) < 4.78 is 16.0. The topological polar surface area (TPSA) is 105 Å². The van der Waals surface area contributed by atoms with E-state index in [-0.39, 0.29) is 18.3 Å². The number of aliphatic imine (C=N–C) groups is 1. The predicted molar refractivity (Wildman–Crippen MR) is 107 cm³/mol. The average Bonchev–Trinajstić information content (AvgIpc) is 3.26. The molecule has 1 aromatic rings. The Kier molecular flexibility index (Phi) is 7.12. The lowest BCUT2D eigenvalue weighted by Crippen LogP contribution is -2.41. The van der Waals surface area contributed by atoms with Crippen molar-refractivity contribution in [2.75, 3.05) is 38.7 Å². The standard InChI is InChI=1S/C20H23N3O5S/c1-3-27-20(25)17-13(2)22-19(14(11-21)18(17)15-5-4-8-28-15)29-12-16(24)23-6-9-26-10-7-23/h4-5,8,17-18H,3,6-7,9-10,12H2,1-2H3/t17?,18-/m0/s1. The van der Waals surface area contributed by atoms with Crippen molar-refractivity contribution >= 4 is 29.4 Å². The fourth-order valence-corrected chi connectivity index (χ4v) is 4.39. The Balaban J connectivity index is 1.87. The monoisotopic (exact) mass is 417 g/mol. The average molecular weight is 417 g/mol. The molecule has 0 saturated carbocycles. The molecule has 3 heterocycles. The molecule has 0 aromatic carbocycles. The van der Waals surface area contributed by atoms with E-state index in [1.165, 1.54) is 18.0 Å². The first-order valence-electron chi connectivity index (χ1n) is 9.44. The minimum atomic E-state index is -0.741. The SMILES string of the molecule is CCOC(=O)C1C(C)=NC(SCC(=O)N2CCOCC2)=C(C#N)[C@H]1c1ccco1. The molecular formula is C20H23N3O5S. The summed E-state index contributed by atoms with van der Waals surface area (Å²) in [6.07, 6.45) is 1.50. The zero-order valence-corrected chi connectivity index (χ0v) is 17.2. The first-order chi connectivity index (χ1) is 14.1. The lowest BCUT2D eigenvalue weighted by molar-refractivity contribution is -0.146. The van der Waals surface area contributed by atoms with Gasteiger partial charge in [0.1, 0.15) is 16.7 Å². The summed E-state index contributed by atoms with van der Waals surface area (Å²) in [7, 11) is 0. The van der Waals surface area contributed by atoms with Crippen LogP contribution in [0.25, 0.3) is 0 Å². The molecule has 0 N–H and O–H groups in total. The van der Waals surface area contributed by atoms with Gasteiger partial charge in [0.15, 0.2) is 0 Å². The summed E-state index contributed by atoms with van der Waals surface area (Å²) in [5.41, 5.74) is 0.841. The summed E-state index contributed by atoms with van der Waals surface area (Å²) >= 11 is 1.21. The molecule has 9 heteroatoms. The smallest absolute Gasteiger partial charge is 0.315 e. The van der Waals surface area contributed by atoms with Crippen LogP contribution in [0.5, 0.6) is 0 Å². The van der Waals surface area contributed by atoms with Crippen LogP contribution in [0.3, 0.4) is 0 Å². The lowest BCUT2D eigenvalue weighted by atomic mass is 9.80. The highest BCUT2D eigenvalue weighted by atomic mass is 32.2. The number of allylic oxidation sites excluding steroid dienone is 1. The third kappa shape index (κ3) is 4.71. The first-order valence-corrected chi connectivity index (χ1v) is 10.4. The third-order valence-electron chi connectivity index (χ3n) is 4.81. The van der Waals surface area contributed by atoms with Crippen LogP contribution in [0.4, 0.5) is 0 Å². The molecule has 2 aliphatic heterocycles. The molecule has 1 fully saturated rings. The largest absolute Gasteiger partial charge is 0.469 e. The van der Waals surface area contributed by atoms with Crippen LogP contribution in [0, 0.1) is 17.2 Å². The molecule has 0 radical (unpaired) electrons. The van der Waals surface area contributed by atoms with Crippen LogP contribution in [0.1, 0.15) is 25.5 Å². The van der Waals surface area contributed by atoms with E-state index in [2.05, 4.69) is 11.1 Å². The van der Waals surface area contributed by atoms with E-state index in [0.29, 0.717) is 48.4 Å². The van der Waals surface area contributed by atoms with E-state index >= 15 is 0 Å². The molecule has 3 rings (SSSR count). The zero-order valence-electron chi connectivity index (χ0n) is 16.4. The minimum absolute atomic E-state index is 0.0296. The van der Waals surface area contributed by atoms with E-state index < -0.39 is 17.8 Å². The number of esters is 1. The van der Waals surface area contributed by atoms with Crippen molar-refractivity contribution in [3.63, 3.8) is 0 Å². The normalized spacial score (nSPS) is 22.1. The Labute approximate surface area is 173 Å². The third-order valence-corrected chi connectivity index (χ3v) is 5.79. The summed E-state index contributed by atoms with van der Waals surface area (Å²) in [5, 5.41) is 10.3. The number of hydrogen-bond acceptors (Lipinski definition) is 8. The zero-order chi connectivity index (χ0) is 20.8. The summed E-state index contributed by atoms with van der Waals surface area (Å²) in [5.74, 6) is -1.20. The maximum atomic E-state index is 12.6. The van der Waals surface area contributed by atoms with Gasteiger partial charge in [0.2, 0.25) is 5.91 Å². The van der Waals surface area contributed by atoms with Crippen LogP contribution >= 0.6 is 11.8 Å². The van der Waals surface area contributed by atoms with Crippen molar-refractivity contribution < 1.29 is 23.5 Å². The fraction of sp³-hybridized carbons (Fsp3) is 0.500. The maximum Gasteiger partial charge on any atom is 0.315 e. The molecule has 0 bridgehead atoms. The highest BCUT2D eigenvalue weighted by Gasteiger charge is 2.42. The van der Waals surface area contributed by atoms with Gasteiger partial charge in [-0.1, -0.05) is 11.8 Å². The number of nitrogens with zero attached hydrogens (tertiary/aromatic N) is 3. The fourth-order valence-electron chi connectivity index (χ4n) is 3.41. The quantitative estimate of drug-likeness (QED) is 0.654. The predicted octanol–water partition coefficient (Wildman–Crippen LogP) is 2.34. The second-order valence-corrected chi connectivity index (χ2v) is 7.55. The van der Waals surface area contributed by atoms with Crippen molar-refractivity contribution in [3.8, 4) is 6.07 Å². The Bertz CT molecular complexity index is 850. The van der Waals surface area contributed by atoms with E-state index in [1.807, 2.05) is 0 Å². The van der Waals surface area contributed by atoms with Gasteiger partial charge in [-0.3, -0.25) is 9.59 Å². The van der Waals surface area contributed by atoms with Crippen molar-refractivity contribution in [1.82, 2.24) is 4.90 Å². The Morgan fingerprint density at radius 1 is 1.41 bits per heavy atom. The Morgan fingerprint density at radius 2 is 2.17 bits per heavy atom. The number of carbonyl (C=O) groups is 2. The van der Waals surface area contributed by atoms with Gasteiger partial charge in [0.25, 0.3) is 0 Å². The molecule has 2 aliphatic rings. The van der Waals surface area contributed by atoms with Crippen LogP contribution in [-0.4, -0.2) is 61.2 Å². The molecule has 1 saturated heterocycles. The van der Waals surface area contributed by atoms with Crippen molar-refractivity contribution in [1.29, 1.82) is 5.26 Å². The summed E-state index contributed by atoms with van der Waals surface area (Å²) in [4.78, 5) is 31.3. The second-order valence-electron chi connectivity index (χ2n) is 6.59. The van der Waals surface area contributed by atoms with Crippen LogP contribution in [-0.2, 0) is 19.1 Å². The van der Waals surface area contributed by atoms with Gasteiger partial charge in [0.05, 0.1) is 49.4 Å². The number of amides is 1. The summed E-state index contributed by atoms with van der Waals surface area (Å²) in [6, 6.07) is 5.62. The molecule has 29 heavy (non-hydrogen) atoms. The van der Waals surface area contributed by atoms with Crippen LogP contribution in [0.15, 0.2) is 38.4 Å². The van der Waals surface area contributed by atoms with E-state index in [4.69, 9.17) is 13.9 Å². The van der Waals surface area contributed by atoms with Crippen molar-refractivity contribution in [2.45, 2.75) is 19.8 Å². The maximum absolute atomic E-state index is 12.6. The number of rotatable bonds is 6. The molecular weight excluding hydrogens is 394 g/mol. The second kappa shape index (κ2) is 9.76. The van der Waals surface area contributed by atoms with Gasteiger partial charge in [-0.25, -0.2) is 4.99 Å². The number of thioether (sulfide) groups is 1. The molecule has 1 amide bonds. The molecule has 0 spiro atoms. The van der Waals surface area contributed by atoms with Crippen molar-refractivity contribution in [2.24, 2.45) is 10.9 Å². The van der Waals surface area contributed by atoms with E-state index in [9.17, 15) is 14.9 Å². The van der Waals surface area contributed by atoms with Gasteiger partial charge in [-0.2, -0.15) is 5.26 Å². The Hall–Kier alpha value is -2.57. The van der Waals surface area contributed by atoms with Gasteiger partial charge >= 0.3 is 5.97 Å². The lowest BCUT2D eigenvalue weighted by Gasteiger charge is -2.29. The van der Waals surface area contributed by atoms with E-state index in [1.54, 1.807) is 30.9 Å². The van der Waals surface area contributed by atoms with Gasteiger partial charge < -0.3 is 18.8 Å². The minimum Gasteiger partial charge on any atom is -0.469 e. The van der Waals surface area contributed by atoms with Gasteiger partial charge in [-0.05, 0) is 26.0 Å². The number of furan rings is 1. The Morgan fingerprint density at radius 3 is 2.79 bits per heavy atom. The number of hydrogen-bond donors (Lipinski definition) is 0. The first kappa shape index (κ1) is 21.1.